The maximum atomic E-state index is 11.7. The van der Waals surface area contributed by atoms with Gasteiger partial charge in [-0.05, 0) is 0 Å². The molecular formula is C9H15N5OS. The Kier molecular flexibility index (Phi) is 4.17. The number of hydrogen-bond acceptors (Lipinski definition) is 5. The van der Waals surface area contributed by atoms with Gasteiger partial charge in [0.2, 0.25) is 5.91 Å². The molecule has 1 aliphatic heterocycles. The smallest absolute Gasteiger partial charge is 0.238 e. The topological polar surface area (TPSA) is 71.8 Å². The van der Waals surface area contributed by atoms with Crippen molar-refractivity contribution in [3.63, 3.8) is 0 Å². The Morgan fingerprint density at radius 3 is 3.31 bits per heavy atom. The number of rotatable bonds is 4. The zero-order chi connectivity index (χ0) is 11.2. The van der Waals surface area contributed by atoms with Crippen molar-refractivity contribution < 1.29 is 4.79 Å². The summed E-state index contributed by atoms with van der Waals surface area (Å²) in [5.41, 5.74) is 0. The number of aromatic nitrogens is 3. The fourth-order valence-electron chi connectivity index (χ4n) is 1.50. The minimum absolute atomic E-state index is 0.0468. The van der Waals surface area contributed by atoms with Gasteiger partial charge in [0.25, 0.3) is 0 Å². The summed E-state index contributed by atoms with van der Waals surface area (Å²) >= 11 is 1.81. The number of amides is 1. The highest BCUT2D eigenvalue weighted by molar-refractivity contribution is 7.99. The van der Waals surface area contributed by atoms with Crippen LogP contribution in [0.2, 0.25) is 0 Å². The van der Waals surface area contributed by atoms with Crippen molar-refractivity contribution in [1.82, 2.24) is 25.6 Å². The van der Waals surface area contributed by atoms with Crippen LogP contribution in [0.1, 0.15) is 0 Å². The van der Waals surface area contributed by atoms with Crippen LogP contribution in [0.3, 0.4) is 0 Å². The predicted molar refractivity (Wildman–Crippen MR) is 62.1 cm³/mol. The molecule has 0 saturated carbocycles. The third-order valence-electron chi connectivity index (χ3n) is 2.35. The number of carbonyl (C=O) groups excluding carboxylic acids is 1. The standard InChI is InChI=1S/C9H15N5OS/c15-9(8-7-16-6-3-10-8)11-1-4-14-5-2-12-13-14/h2,5,8,10H,1,3-4,6-7H2,(H,11,15). The van der Waals surface area contributed by atoms with Gasteiger partial charge in [0.15, 0.2) is 0 Å². The summed E-state index contributed by atoms with van der Waals surface area (Å²) in [5, 5.41) is 13.6. The molecule has 0 aliphatic carbocycles. The van der Waals surface area contributed by atoms with Crippen LogP contribution in [0.5, 0.6) is 0 Å². The van der Waals surface area contributed by atoms with E-state index in [4.69, 9.17) is 0 Å². The van der Waals surface area contributed by atoms with Gasteiger partial charge in [0, 0.05) is 30.8 Å². The number of hydrogen-bond donors (Lipinski definition) is 2. The Morgan fingerprint density at radius 2 is 2.62 bits per heavy atom. The molecule has 1 aromatic heterocycles. The third-order valence-corrected chi connectivity index (χ3v) is 3.41. The van der Waals surface area contributed by atoms with E-state index in [0.717, 1.165) is 18.1 Å². The van der Waals surface area contributed by atoms with Crippen LogP contribution in [0.25, 0.3) is 0 Å². The molecule has 0 spiro atoms. The second-order valence-electron chi connectivity index (χ2n) is 3.54. The molecular weight excluding hydrogens is 226 g/mol. The lowest BCUT2D eigenvalue weighted by Gasteiger charge is -2.22. The molecule has 1 aliphatic rings. The Hall–Kier alpha value is -1.08. The molecule has 0 aromatic carbocycles. The summed E-state index contributed by atoms with van der Waals surface area (Å²) in [6, 6.07) is -0.0468. The van der Waals surface area contributed by atoms with E-state index < -0.39 is 0 Å². The lowest BCUT2D eigenvalue weighted by Crippen LogP contribution is -2.49. The number of carbonyl (C=O) groups is 1. The Morgan fingerprint density at radius 1 is 1.69 bits per heavy atom. The highest BCUT2D eigenvalue weighted by atomic mass is 32.2. The molecule has 1 atom stereocenters. The minimum atomic E-state index is -0.0468. The zero-order valence-corrected chi connectivity index (χ0v) is 9.74. The fraction of sp³-hybridized carbons (Fsp3) is 0.667. The SMILES string of the molecule is O=C(NCCn1ccnn1)C1CSCCN1. The molecule has 2 rings (SSSR count). The largest absolute Gasteiger partial charge is 0.353 e. The Balaban J connectivity index is 1.67. The number of nitrogens with zero attached hydrogens (tertiary/aromatic N) is 3. The first-order valence-electron chi connectivity index (χ1n) is 5.29. The Bertz CT molecular complexity index is 323. The highest BCUT2D eigenvalue weighted by Gasteiger charge is 2.19. The summed E-state index contributed by atoms with van der Waals surface area (Å²) in [4.78, 5) is 11.7. The second-order valence-corrected chi connectivity index (χ2v) is 4.69. The van der Waals surface area contributed by atoms with Gasteiger partial charge in [-0.3, -0.25) is 9.48 Å². The van der Waals surface area contributed by atoms with Crippen molar-refractivity contribution in [3.8, 4) is 0 Å². The lowest BCUT2D eigenvalue weighted by molar-refractivity contribution is -0.122. The van der Waals surface area contributed by atoms with E-state index in [9.17, 15) is 4.79 Å². The van der Waals surface area contributed by atoms with Gasteiger partial charge in [0.05, 0.1) is 18.8 Å². The average molecular weight is 241 g/mol. The van der Waals surface area contributed by atoms with Crippen LogP contribution < -0.4 is 10.6 Å². The molecule has 0 bridgehead atoms. The molecule has 2 N–H and O–H groups in total. The van der Waals surface area contributed by atoms with Crippen LogP contribution in [0.4, 0.5) is 0 Å². The van der Waals surface area contributed by atoms with Gasteiger partial charge in [-0.2, -0.15) is 11.8 Å². The van der Waals surface area contributed by atoms with Gasteiger partial charge in [-0.1, -0.05) is 5.21 Å². The van der Waals surface area contributed by atoms with Crippen LogP contribution in [0.15, 0.2) is 12.4 Å². The molecule has 0 radical (unpaired) electrons. The molecule has 1 fully saturated rings. The fourth-order valence-corrected chi connectivity index (χ4v) is 2.44. The van der Waals surface area contributed by atoms with E-state index in [2.05, 4.69) is 20.9 Å². The molecule has 2 heterocycles. The van der Waals surface area contributed by atoms with Crippen LogP contribution >= 0.6 is 11.8 Å². The summed E-state index contributed by atoms with van der Waals surface area (Å²) in [6.07, 6.45) is 3.40. The van der Waals surface area contributed by atoms with Crippen LogP contribution in [-0.2, 0) is 11.3 Å². The monoisotopic (exact) mass is 241 g/mol. The quantitative estimate of drug-likeness (QED) is 0.715. The van der Waals surface area contributed by atoms with Crippen molar-refractivity contribution in [2.45, 2.75) is 12.6 Å². The van der Waals surface area contributed by atoms with Gasteiger partial charge >= 0.3 is 0 Å². The maximum absolute atomic E-state index is 11.7. The van der Waals surface area contributed by atoms with Gasteiger partial charge < -0.3 is 10.6 Å². The van der Waals surface area contributed by atoms with Gasteiger partial charge in [-0.25, -0.2) is 0 Å². The van der Waals surface area contributed by atoms with E-state index in [1.807, 2.05) is 11.8 Å². The summed E-state index contributed by atoms with van der Waals surface area (Å²) in [7, 11) is 0. The second kappa shape index (κ2) is 5.86. The Labute approximate surface area is 98.2 Å². The van der Waals surface area contributed by atoms with Crippen LogP contribution in [-0.4, -0.2) is 51.5 Å². The molecule has 1 unspecified atom stereocenters. The first-order valence-corrected chi connectivity index (χ1v) is 6.44. The lowest BCUT2D eigenvalue weighted by atomic mass is 10.3. The van der Waals surface area contributed by atoms with Gasteiger partial charge in [-0.15, -0.1) is 5.10 Å². The van der Waals surface area contributed by atoms with Gasteiger partial charge in [0.1, 0.15) is 0 Å². The average Bonchev–Trinajstić information content (AvgIpc) is 2.83. The van der Waals surface area contributed by atoms with Crippen molar-refractivity contribution in [2.24, 2.45) is 0 Å². The third kappa shape index (κ3) is 3.21. The summed E-state index contributed by atoms with van der Waals surface area (Å²) in [6.45, 7) is 2.16. The van der Waals surface area contributed by atoms with E-state index in [0.29, 0.717) is 13.1 Å². The van der Waals surface area contributed by atoms with E-state index in [1.54, 1.807) is 17.1 Å². The predicted octanol–water partition coefficient (Wildman–Crippen LogP) is -0.901. The molecule has 6 nitrogen and oxygen atoms in total. The summed E-state index contributed by atoms with van der Waals surface area (Å²) in [5.74, 6) is 2.02. The first-order chi connectivity index (χ1) is 7.86. The first kappa shape index (κ1) is 11.4. The van der Waals surface area contributed by atoms with E-state index in [-0.39, 0.29) is 11.9 Å². The van der Waals surface area contributed by atoms with Crippen molar-refractivity contribution in [3.05, 3.63) is 12.4 Å². The molecule has 88 valence electrons. The molecule has 16 heavy (non-hydrogen) atoms. The van der Waals surface area contributed by atoms with E-state index >= 15 is 0 Å². The molecule has 1 amide bonds. The minimum Gasteiger partial charge on any atom is -0.353 e. The molecule has 1 aromatic rings. The number of nitrogens with one attached hydrogen (secondary N) is 2. The normalized spacial score (nSPS) is 20.6. The molecule has 1 saturated heterocycles. The molecule has 7 heteroatoms. The zero-order valence-electron chi connectivity index (χ0n) is 8.93. The maximum Gasteiger partial charge on any atom is 0.238 e. The summed E-state index contributed by atoms with van der Waals surface area (Å²) < 4.78 is 1.70. The van der Waals surface area contributed by atoms with Crippen molar-refractivity contribution in [1.29, 1.82) is 0 Å². The van der Waals surface area contributed by atoms with E-state index in [1.165, 1.54) is 0 Å². The highest BCUT2D eigenvalue weighted by Crippen LogP contribution is 2.07. The van der Waals surface area contributed by atoms with Crippen LogP contribution in [0, 0.1) is 0 Å². The number of thioether (sulfide) groups is 1. The van der Waals surface area contributed by atoms with Crippen molar-refractivity contribution in [2.75, 3.05) is 24.6 Å². The van der Waals surface area contributed by atoms with Crippen molar-refractivity contribution >= 4 is 17.7 Å².